The van der Waals surface area contributed by atoms with E-state index < -0.39 is 35.1 Å². The molecule has 1 aliphatic heterocycles. The summed E-state index contributed by atoms with van der Waals surface area (Å²) in [6.45, 7) is 0. The average Bonchev–Trinajstić information content (AvgIpc) is 3.00. The molecule has 0 spiro atoms. The van der Waals surface area contributed by atoms with Crippen LogP contribution in [0.1, 0.15) is 17.2 Å². The largest absolute Gasteiger partial charge is 0.507 e. The summed E-state index contributed by atoms with van der Waals surface area (Å²) < 4.78 is 27.4. The van der Waals surface area contributed by atoms with Gasteiger partial charge in [0.1, 0.15) is 17.4 Å². The van der Waals surface area contributed by atoms with Gasteiger partial charge in [-0.2, -0.15) is 0 Å². The predicted molar refractivity (Wildman–Crippen MR) is 109 cm³/mol. The van der Waals surface area contributed by atoms with Crippen molar-refractivity contribution >= 4 is 34.7 Å². The lowest BCUT2D eigenvalue weighted by Gasteiger charge is -2.25. The molecule has 0 unspecified atom stereocenters. The summed E-state index contributed by atoms with van der Waals surface area (Å²) in [7, 11) is 0. The van der Waals surface area contributed by atoms with Crippen molar-refractivity contribution in [3.63, 3.8) is 0 Å². The molecule has 4 rings (SSSR count). The van der Waals surface area contributed by atoms with Gasteiger partial charge < -0.3 is 5.11 Å². The molecule has 3 aromatic rings. The first-order valence-electron chi connectivity index (χ1n) is 8.95. The number of benzene rings is 3. The van der Waals surface area contributed by atoms with E-state index in [9.17, 15) is 23.5 Å². The second-order valence-electron chi connectivity index (χ2n) is 6.71. The summed E-state index contributed by atoms with van der Waals surface area (Å²) in [4.78, 5) is 26.9. The van der Waals surface area contributed by atoms with Crippen LogP contribution in [0.5, 0.6) is 0 Å². The molecular weight excluding hydrogens is 412 g/mol. The van der Waals surface area contributed by atoms with Crippen molar-refractivity contribution in [3.8, 4) is 0 Å². The molecule has 1 atom stereocenters. The second kappa shape index (κ2) is 7.72. The maximum Gasteiger partial charge on any atom is 0.300 e. The molecule has 1 aliphatic rings. The number of ketones is 1. The highest BCUT2D eigenvalue weighted by Crippen LogP contribution is 2.42. The molecule has 4 nitrogen and oxygen atoms in total. The normalized spacial score (nSPS) is 18.1. The Hall–Kier alpha value is -3.51. The Balaban J connectivity index is 1.95. The standard InChI is InChI=1S/C23H14ClF2NO3/c24-15-6-4-13(5-7-15)21(28)19-20(14-2-1-3-17(26)12-14)27(23(30)22(19)29)18-10-8-16(25)9-11-18/h1-12,20,28H/b21-19+/t20-/m1/s1. The molecule has 30 heavy (non-hydrogen) atoms. The maximum absolute atomic E-state index is 14.0. The number of anilines is 1. The van der Waals surface area contributed by atoms with Crippen LogP contribution in [0.3, 0.4) is 0 Å². The fourth-order valence-corrected chi connectivity index (χ4v) is 3.58. The number of aliphatic hydroxyl groups is 1. The summed E-state index contributed by atoms with van der Waals surface area (Å²) >= 11 is 5.89. The van der Waals surface area contributed by atoms with Crippen molar-refractivity contribution in [1.29, 1.82) is 0 Å². The van der Waals surface area contributed by atoms with Gasteiger partial charge in [-0.15, -0.1) is 0 Å². The van der Waals surface area contributed by atoms with Crippen LogP contribution in [0.4, 0.5) is 14.5 Å². The molecule has 3 aromatic carbocycles. The van der Waals surface area contributed by atoms with Gasteiger partial charge in [-0.3, -0.25) is 14.5 Å². The van der Waals surface area contributed by atoms with E-state index in [0.717, 1.165) is 17.0 Å². The van der Waals surface area contributed by atoms with Crippen molar-refractivity contribution in [2.45, 2.75) is 6.04 Å². The zero-order valence-corrected chi connectivity index (χ0v) is 16.1. The molecule has 150 valence electrons. The highest BCUT2D eigenvalue weighted by atomic mass is 35.5. The summed E-state index contributed by atoms with van der Waals surface area (Å²) in [5, 5.41) is 11.3. The number of aliphatic hydroxyl groups excluding tert-OH is 1. The molecular formula is C23H14ClF2NO3. The van der Waals surface area contributed by atoms with Crippen LogP contribution in [0.15, 0.2) is 78.4 Å². The van der Waals surface area contributed by atoms with Crippen LogP contribution < -0.4 is 4.90 Å². The van der Waals surface area contributed by atoms with Crippen LogP contribution in [-0.2, 0) is 9.59 Å². The number of carbonyl (C=O) groups is 2. The molecule has 1 amide bonds. The minimum absolute atomic E-state index is 0.197. The first-order chi connectivity index (χ1) is 14.4. The fourth-order valence-electron chi connectivity index (χ4n) is 3.46. The first kappa shape index (κ1) is 19.8. The van der Waals surface area contributed by atoms with E-state index >= 15 is 0 Å². The number of amides is 1. The quantitative estimate of drug-likeness (QED) is 0.354. The Morgan fingerprint density at radius 1 is 0.900 bits per heavy atom. The first-order valence-corrected chi connectivity index (χ1v) is 9.32. The maximum atomic E-state index is 14.0. The third-order valence-corrected chi connectivity index (χ3v) is 5.08. The van der Waals surface area contributed by atoms with Crippen LogP contribution >= 0.6 is 11.6 Å². The number of hydrogen-bond acceptors (Lipinski definition) is 3. The zero-order valence-electron chi connectivity index (χ0n) is 15.4. The molecule has 0 bridgehead atoms. The Morgan fingerprint density at radius 2 is 1.57 bits per heavy atom. The third kappa shape index (κ3) is 3.46. The van der Waals surface area contributed by atoms with Gasteiger partial charge in [0, 0.05) is 16.3 Å². The minimum Gasteiger partial charge on any atom is -0.507 e. The molecule has 0 aromatic heterocycles. The van der Waals surface area contributed by atoms with Crippen LogP contribution in [0, 0.1) is 11.6 Å². The fraction of sp³-hybridized carbons (Fsp3) is 0.0435. The molecule has 1 heterocycles. The van der Waals surface area contributed by atoms with Crippen LogP contribution in [-0.4, -0.2) is 16.8 Å². The monoisotopic (exact) mass is 425 g/mol. The van der Waals surface area contributed by atoms with E-state index in [1.54, 1.807) is 6.07 Å². The molecule has 0 radical (unpaired) electrons. The van der Waals surface area contributed by atoms with E-state index in [2.05, 4.69) is 0 Å². The van der Waals surface area contributed by atoms with Crippen molar-refractivity contribution in [3.05, 3.63) is 106 Å². The zero-order chi connectivity index (χ0) is 21.4. The summed E-state index contributed by atoms with van der Waals surface area (Å²) in [6.07, 6.45) is 0. The smallest absolute Gasteiger partial charge is 0.300 e. The van der Waals surface area contributed by atoms with Gasteiger partial charge in [0.25, 0.3) is 11.7 Å². The average molecular weight is 426 g/mol. The lowest BCUT2D eigenvalue weighted by Crippen LogP contribution is -2.29. The van der Waals surface area contributed by atoms with Gasteiger partial charge >= 0.3 is 0 Å². The lowest BCUT2D eigenvalue weighted by atomic mass is 9.95. The van der Waals surface area contributed by atoms with E-state index in [1.165, 1.54) is 54.6 Å². The molecule has 7 heteroatoms. The Bertz CT molecular complexity index is 1170. The number of hydrogen-bond donors (Lipinski definition) is 1. The molecule has 1 fully saturated rings. The Kier molecular flexibility index (Phi) is 5.10. The van der Waals surface area contributed by atoms with Crippen molar-refractivity contribution in [2.24, 2.45) is 0 Å². The van der Waals surface area contributed by atoms with E-state index in [4.69, 9.17) is 11.6 Å². The van der Waals surface area contributed by atoms with Gasteiger partial charge in [0.15, 0.2) is 0 Å². The highest BCUT2D eigenvalue weighted by Gasteiger charge is 2.47. The van der Waals surface area contributed by atoms with Crippen molar-refractivity contribution in [1.82, 2.24) is 0 Å². The van der Waals surface area contributed by atoms with Crippen LogP contribution in [0.2, 0.25) is 5.02 Å². The number of carbonyl (C=O) groups excluding carboxylic acids is 2. The van der Waals surface area contributed by atoms with E-state index in [-0.39, 0.29) is 22.4 Å². The van der Waals surface area contributed by atoms with E-state index in [0.29, 0.717) is 5.02 Å². The second-order valence-corrected chi connectivity index (χ2v) is 7.14. The van der Waals surface area contributed by atoms with Gasteiger partial charge in [-0.05, 0) is 66.2 Å². The van der Waals surface area contributed by atoms with Crippen LogP contribution in [0.25, 0.3) is 5.76 Å². The molecule has 0 saturated carbocycles. The number of nitrogens with zero attached hydrogens (tertiary/aromatic N) is 1. The van der Waals surface area contributed by atoms with Gasteiger partial charge in [0.05, 0.1) is 11.6 Å². The Labute approximate surface area is 175 Å². The molecule has 1 saturated heterocycles. The summed E-state index contributed by atoms with van der Waals surface area (Å²) in [5.41, 5.74) is 0.604. The summed E-state index contributed by atoms with van der Waals surface area (Å²) in [5.74, 6) is -3.33. The van der Waals surface area contributed by atoms with Gasteiger partial charge in [-0.25, -0.2) is 8.78 Å². The van der Waals surface area contributed by atoms with Crippen molar-refractivity contribution < 1.29 is 23.5 Å². The topological polar surface area (TPSA) is 57.6 Å². The number of rotatable bonds is 3. The highest BCUT2D eigenvalue weighted by molar-refractivity contribution is 6.51. The van der Waals surface area contributed by atoms with Gasteiger partial charge in [0.2, 0.25) is 0 Å². The minimum atomic E-state index is -1.10. The summed E-state index contributed by atoms with van der Waals surface area (Å²) in [6, 6.07) is 15.4. The molecule has 1 N–H and O–H groups in total. The molecule has 0 aliphatic carbocycles. The lowest BCUT2D eigenvalue weighted by molar-refractivity contribution is -0.132. The number of halogens is 3. The Morgan fingerprint density at radius 3 is 2.20 bits per heavy atom. The van der Waals surface area contributed by atoms with Gasteiger partial charge in [-0.1, -0.05) is 23.7 Å². The van der Waals surface area contributed by atoms with Crippen molar-refractivity contribution in [2.75, 3.05) is 4.90 Å². The SMILES string of the molecule is O=C1C(=O)N(c2ccc(F)cc2)[C@H](c2cccc(F)c2)/C1=C(\O)c1ccc(Cl)cc1. The van der Waals surface area contributed by atoms with E-state index in [1.807, 2.05) is 0 Å². The number of Topliss-reactive ketones (excluding diaryl/α,β-unsaturated/α-hetero) is 1. The predicted octanol–water partition coefficient (Wildman–Crippen LogP) is 5.24. The third-order valence-electron chi connectivity index (χ3n) is 4.83.